The summed E-state index contributed by atoms with van der Waals surface area (Å²) >= 11 is 1.84. The van der Waals surface area contributed by atoms with E-state index in [4.69, 9.17) is 0 Å². The van der Waals surface area contributed by atoms with Crippen molar-refractivity contribution in [2.45, 2.75) is 51.6 Å². The molecule has 1 aromatic carbocycles. The first-order valence-corrected chi connectivity index (χ1v) is 8.38. The van der Waals surface area contributed by atoms with Crippen molar-refractivity contribution in [2.24, 2.45) is 0 Å². The van der Waals surface area contributed by atoms with Gasteiger partial charge in [0.05, 0.1) is 6.04 Å². The zero-order valence-corrected chi connectivity index (χ0v) is 13.0. The molecule has 2 aromatic rings. The Morgan fingerprint density at radius 1 is 1.40 bits per heavy atom. The van der Waals surface area contributed by atoms with E-state index in [0.29, 0.717) is 12.1 Å². The first-order valence-electron chi connectivity index (χ1n) is 7.56. The molecule has 1 aliphatic carbocycles. The highest BCUT2D eigenvalue weighted by Gasteiger charge is 2.22. The highest BCUT2D eigenvalue weighted by Crippen LogP contribution is 2.32. The molecular formula is C17H22N2S. The second-order valence-electron chi connectivity index (χ2n) is 5.55. The van der Waals surface area contributed by atoms with Gasteiger partial charge in [0.2, 0.25) is 0 Å². The van der Waals surface area contributed by atoms with Crippen LogP contribution in [0.1, 0.15) is 59.8 Å². The molecule has 2 atom stereocenters. The van der Waals surface area contributed by atoms with Crippen molar-refractivity contribution in [3.05, 3.63) is 51.5 Å². The molecule has 0 fully saturated rings. The molecule has 0 radical (unpaired) electrons. The molecule has 0 aliphatic heterocycles. The summed E-state index contributed by atoms with van der Waals surface area (Å²) in [5.41, 5.74) is 3.00. The Morgan fingerprint density at radius 3 is 3.05 bits per heavy atom. The SMILES string of the molecule is CCc1cnc(C(C)NC2CCCc3ccccc32)s1. The third-order valence-electron chi connectivity index (χ3n) is 4.11. The van der Waals surface area contributed by atoms with Crippen LogP contribution in [-0.4, -0.2) is 4.98 Å². The molecule has 1 heterocycles. The number of nitrogens with zero attached hydrogens (tertiary/aromatic N) is 1. The smallest absolute Gasteiger partial charge is 0.109 e. The van der Waals surface area contributed by atoms with Gasteiger partial charge in [0.25, 0.3) is 0 Å². The van der Waals surface area contributed by atoms with Gasteiger partial charge in [0.15, 0.2) is 0 Å². The number of nitrogens with one attached hydrogen (secondary N) is 1. The fraction of sp³-hybridized carbons (Fsp3) is 0.471. The Kier molecular flexibility index (Phi) is 4.18. The average molecular weight is 286 g/mol. The van der Waals surface area contributed by atoms with E-state index in [2.05, 4.69) is 48.4 Å². The number of hydrogen-bond donors (Lipinski definition) is 1. The minimum Gasteiger partial charge on any atom is -0.301 e. The predicted molar refractivity (Wildman–Crippen MR) is 85.2 cm³/mol. The van der Waals surface area contributed by atoms with Crippen LogP contribution >= 0.6 is 11.3 Å². The summed E-state index contributed by atoms with van der Waals surface area (Å²) in [5.74, 6) is 0. The van der Waals surface area contributed by atoms with Crippen LogP contribution in [0.5, 0.6) is 0 Å². The Labute approximate surface area is 125 Å². The van der Waals surface area contributed by atoms with Crippen LogP contribution < -0.4 is 5.32 Å². The monoisotopic (exact) mass is 286 g/mol. The molecule has 0 saturated heterocycles. The van der Waals surface area contributed by atoms with Crippen LogP contribution in [0.4, 0.5) is 0 Å². The van der Waals surface area contributed by atoms with Crippen molar-refractivity contribution in [1.82, 2.24) is 10.3 Å². The van der Waals surface area contributed by atoms with Gasteiger partial charge in [-0.15, -0.1) is 11.3 Å². The van der Waals surface area contributed by atoms with Gasteiger partial charge in [-0.2, -0.15) is 0 Å². The predicted octanol–water partition coefficient (Wildman–Crippen LogP) is 4.43. The Hall–Kier alpha value is -1.19. The Bertz CT molecular complexity index is 576. The van der Waals surface area contributed by atoms with Crippen molar-refractivity contribution in [1.29, 1.82) is 0 Å². The number of thiazole rings is 1. The lowest BCUT2D eigenvalue weighted by molar-refractivity contribution is 0.415. The number of benzene rings is 1. The summed E-state index contributed by atoms with van der Waals surface area (Å²) in [4.78, 5) is 5.94. The number of aryl methyl sites for hydroxylation is 2. The van der Waals surface area contributed by atoms with E-state index >= 15 is 0 Å². The maximum absolute atomic E-state index is 4.56. The molecule has 2 nitrogen and oxygen atoms in total. The van der Waals surface area contributed by atoms with Gasteiger partial charge in [-0.3, -0.25) is 0 Å². The van der Waals surface area contributed by atoms with E-state index in [9.17, 15) is 0 Å². The molecular weight excluding hydrogens is 264 g/mol. The van der Waals surface area contributed by atoms with Crippen LogP contribution in [0, 0.1) is 0 Å². The molecule has 3 heteroatoms. The van der Waals surface area contributed by atoms with Gasteiger partial charge in [-0.1, -0.05) is 31.2 Å². The lowest BCUT2D eigenvalue weighted by Gasteiger charge is -2.28. The standard InChI is InChI=1S/C17H22N2S/c1-3-14-11-18-17(20-14)12(2)19-16-10-6-8-13-7-4-5-9-15(13)16/h4-5,7,9,11-12,16,19H,3,6,8,10H2,1-2H3. The zero-order chi connectivity index (χ0) is 13.9. The third-order valence-corrected chi connectivity index (χ3v) is 5.44. The topological polar surface area (TPSA) is 24.9 Å². The van der Waals surface area contributed by atoms with Crippen molar-refractivity contribution >= 4 is 11.3 Å². The highest BCUT2D eigenvalue weighted by atomic mass is 32.1. The van der Waals surface area contributed by atoms with E-state index in [1.165, 1.54) is 40.3 Å². The van der Waals surface area contributed by atoms with Crippen LogP contribution in [-0.2, 0) is 12.8 Å². The zero-order valence-electron chi connectivity index (χ0n) is 12.2. The average Bonchev–Trinajstić information content (AvgIpc) is 2.97. The third kappa shape index (κ3) is 2.79. The lowest BCUT2D eigenvalue weighted by atomic mass is 9.87. The molecule has 20 heavy (non-hydrogen) atoms. The molecule has 1 aromatic heterocycles. The number of fused-ring (bicyclic) bond motifs is 1. The van der Waals surface area contributed by atoms with Crippen molar-refractivity contribution in [3.63, 3.8) is 0 Å². The summed E-state index contributed by atoms with van der Waals surface area (Å²) in [7, 11) is 0. The van der Waals surface area contributed by atoms with Gasteiger partial charge in [0, 0.05) is 17.1 Å². The second kappa shape index (κ2) is 6.06. The van der Waals surface area contributed by atoms with Crippen molar-refractivity contribution in [3.8, 4) is 0 Å². The quantitative estimate of drug-likeness (QED) is 0.899. The lowest BCUT2D eigenvalue weighted by Crippen LogP contribution is -2.27. The molecule has 1 N–H and O–H groups in total. The van der Waals surface area contributed by atoms with Crippen LogP contribution in [0.25, 0.3) is 0 Å². The van der Waals surface area contributed by atoms with Crippen LogP contribution in [0.2, 0.25) is 0 Å². The summed E-state index contributed by atoms with van der Waals surface area (Å²) in [5, 5.41) is 4.99. The van der Waals surface area contributed by atoms with E-state index in [1.807, 2.05) is 17.5 Å². The largest absolute Gasteiger partial charge is 0.301 e. The fourth-order valence-corrected chi connectivity index (χ4v) is 3.86. The second-order valence-corrected chi connectivity index (χ2v) is 6.70. The van der Waals surface area contributed by atoms with E-state index in [1.54, 1.807) is 0 Å². The minimum absolute atomic E-state index is 0.330. The number of hydrogen-bond acceptors (Lipinski definition) is 3. The normalized spacial score (nSPS) is 19.6. The minimum atomic E-state index is 0.330. The van der Waals surface area contributed by atoms with E-state index in [-0.39, 0.29) is 0 Å². The fourth-order valence-electron chi connectivity index (χ4n) is 2.99. The molecule has 0 spiro atoms. The first kappa shape index (κ1) is 13.8. The maximum Gasteiger partial charge on any atom is 0.109 e. The van der Waals surface area contributed by atoms with Gasteiger partial charge in [0.1, 0.15) is 5.01 Å². The maximum atomic E-state index is 4.56. The van der Waals surface area contributed by atoms with Crippen molar-refractivity contribution < 1.29 is 0 Å². The molecule has 0 saturated carbocycles. The summed E-state index contributed by atoms with van der Waals surface area (Å²) in [6.45, 7) is 4.42. The van der Waals surface area contributed by atoms with Crippen LogP contribution in [0.3, 0.4) is 0 Å². The first-order chi connectivity index (χ1) is 9.78. The van der Waals surface area contributed by atoms with Gasteiger partial charge in [-0.05, 0) is 43.7 Å². The highest BCUT2D eigenvalue weighted by molar-refractivity contribution is 7.11. The molecule has 106 valence electrons. The summed E-state index contributed by atoms with van der Waals surface area (Å²) in [6.07, 6.45) is 6.83. The Balaban J connectivity index is 1.75. The van der Waals surface area contributed by atoms with Gasteiger partial charge >= 0.3 is 0 Å². The number of rotatable bonds is 4. The molecule has 2 unspecified atom stereocenters. The van der Waals surface area contributed by atoms with E-state index < -0.39 is 0 Å². The molecule has 3 rings (SSSR count). The van der Waals surface area contributed by atoms with Crippen LogP contribution in [0.15, 0.2) is 30.5 Å². The Morgan fingerprint density at radius 2 is 2.25 bits per heavy atom. The van der Waals surface area contributed by atoms with Gasteiger partial charge < -0.3 is 5.32 Å². The van der Waals surface area contributed by atoms with Crippen molar-refractivity contribution in [2.75, 3.05) is 0 Å². The van der Waals surface area contributed by atoms with Gasteiger partial charge in [-0.25, -0.2) is 4.98 Å². The molecule has 0 amide bonds. The molecule has 0 bridgehead atoms. The molecule has 1 aliphatic rings. The summed E-state index contributed by atoms with van der Waals surface area (Å²) in [6, 6.07) is 9.66. The number of aromatic nitrogens is 1. The summed E-state index contributed by atoms with van der Waals surface area (Å²) < 4.78 is 0. The van der Waals surface area contributed by atoms with E-state index in [0.717, 1.165) is 6.42 Å².